The Balaban J connectivity index is 2.05. The van der Waals surface area contributed by atoms with Gasteiger partial charge in [-0.25, -0.2) is 8.42 Å². The predicted octanol–water partition coefficient (Wildman–Crippen LogP) is 5.87. The summed E-state index contributed by atoms with van der Waals surface area (Å²) in [6.45, 7) is 9.21. The maximum absolute atomic E-state index is 14.1. The quantitative estimate of drug-likeness (QED) is 0.289. The van der Waals surface area contributed by atoms with Gasteiger partial charge in [0, 0.05) is 17.6 Å². The Morgan fingerprint density at radius 2 is 1.50 bits per heavy atom. The van der Waals surface area contributed by atoms with Crippen LogP contribution >= 0.6 is 11.6 Å². The number of hydrogen-bond donors (Lipinski definition) is 1. The Morgan fingerprint density at radius 3 is 2.05 bits per heavy atom. The smallest absolute Gasteiger partial charge is 0.264 e. The standard InChI is InChI=1S/C31H38ClN3O4S/c1-6-24(5)33-31(37)29(7-2)34(20-25-15-11-22(3)12-16-25)30(36)21-35(27-10-8-9-26(32)19-27)40(38,39)28-17-13-23(4)14-18-28/h8-19,24,29H,6-7,20-21H2,1-5H3,(H,33,37)/t24-,29-/m1/s1. The monoisotopic (exact) mass is 583 g/mol. The first-order chi connectivity index (χ1) is 19.0. The van der Waals surface area contributed by atoms with Gasteiger partial charge in [-0.1, -0.05) is 79.0 Å². The number of benzene rings is 3. The van der Waals surface area contributed by atoms with Crippen LogP contribution in [0.25, 0.3) is 0 Å². The van der Waals surface area contributed by atoms with Gasteiger partial charge in [0.25, 0.3) is 10.0 Å². The molecule has 9 heteroatoms. The van der Waals surface area contributed by atoms with E-state index >= 15 is 0 Å². The molecule has 2 atom stereocenters. The lowest BCUT2D eigenvalue weighted by atomic mass is 10.1. The van der Waals surface area contributed by atoms with Crippen molar-refractivity contribution in [1.29, 1.82) is 0 Å². The molecular formula is C31H38ClN3O4S. The molecule has 0 aliphatic carbocycles. The highest BCUT2D eigenvalue weighted by Gasteiger charge is 2.34. The Bertz CT molecular complexity index is 1410. The van der Waals surface area contributed by atoms with Crippen LogP contribution in [0.5, 0.6) is 0 Å². The van der Waals surface area contributed by atoms with Gasteiger partial charge in [-0.3, -0.25) is 13.9 Å². The summed E-state index contributed by atoms with van der Waals surface area (Å²) in [6.07, 6.45) is 1.10. The van der Waals surface area contributed by atoms with E-state index in [1.54, 1.807) is 30.3 Å². The van der Waals surface area contributed by atoms with Gasteiger partial charge < -0.3 is 10.2 Å². The number of carbonyl (C=O) groups is 2. The molecule has 0 spiro atoms. The summed E-state index contributed by atoms with van der Waals surface area (Å²) < 4.78 is 28.9. The minimum atomic E-state index is -4.14. The van der Waals surface area contributed by atoms with Crippen LogP contribution in [0.15, 0.2) is 77.7 Å². The number of nitrogens with zero attached hydrogens (tertiary/aromatic N) is 2. The van der Waals surface area contributed by atoms with Gasteiger partial charge in [0.1, 0.15) is 12.6 Å². The molecule has 0 aliphatic heterocycles. The molecule has 1 N–H and O–H groups in total. The van der Waals surface area contributed by atoms with Gasteiger partial charge in [-0.15, -0.1) is 0 Å². The molecule has 0 aliphatic rings. The molecule has 214 valence electrons. The number of anilines is 1. The molecule has 0 bridgehead atoms. The lowest BCUT2D eigenvalue weighted by Gasteiger charge is -2.33. The predicted molar refractivity (Wildman–Crippen MR) is 161 cm³/mol. The molecule has 0 aromatic heterocycles. The molecule has 3 aromatic carbocycles. The summed E-state index contributed by atoms with van der Waals surface area (Å²) in [6, 6.07) is 19.7. The van der Waals surface area contributed by atoms with Crippen LogP contribution in [-0.2, 0) is 26.2 Å². The minimum Gasteiger partial charge on any atom is -0.352 e. The van der Waals surface area contributed by atoms with Crippen LogP contribution in [0.4, 0.5) is 5.69 Å². The summed E-state index contributed by atoms with van der Waals surface area (Å²) in [4.78, 5) is 28.9. The number of rotatable bonds is 12. The average Bonchev–Trinajstić information content (AvgIpc) is 2.92. The van der Waals surface area contributed by atoms with Crippen LogP contribution in [0.1, 0.15) is 50.3 Å². The molecule has 0 radical (unpaired) electrons. The van der Waals surface area contributed by atoms with Crippen LogP contribution in [0, 0.1) is 13.8 Å². The molecule has 2 amide bonds. The van der Waals surface area contributed by atoms with Gasteiger partial charge in [-0.2, -0.15) is 0 Å². The SMILES string of the molecule is CC[C@@H](C)NC(=O)[C@@H](CC)N(Cc1ccc(C)cc1)C(=O)CN(c1cccc(Cl)c1)S(=O)(=O)c1ccc(C)cc1. The lowest BCUT2D eigenvalue weighted by Crippen LogP contribution is -2.53. The number of carbonyl (C=O) groups excluding carboxylic acids is 2. The fraction of sp³-hybridized carbons (Fsp3) is 0.355. The first-order valence-corrected chi connectivity index (χ1v) is 15.3. The molecule has 0 heterocycles. The van der Waals surface area contributed by atoms with E-state index in [2.05, 4.69) is 5.32 Å². The Morgan fingerprint density at radius 1 is 0.900 bits per heavy atom. The largest absolute Gasteiger partial charge is 0.352 e. The number of amides is 2. The summed E-state index contributed by atoms with van der Waals surface area (Å²) in [5, 5.41) is 3.32. The summed E-state index contributed by atoms with van der Waals surface area (Å²) in [5.74, 6) is -0.768. The van der Waals surface area contributed by atoms with Crippen molar-refractivity contribution >= 4 is 39.1 Å². The van der Waals surface area contributed by atoms with Gasteiger partial charge in [0.15, 0.2) is 0 Å². The number of hydrogen-bond acceptors (Lipinski definition) is 4. The maximum Gasteiger partial charge on any atom is 0.264 e. The number of aryl methyl sites for hydroxylation is 2. The second-order valence-corrected chi connectivity index (χ2v) is 12.4. The Hall–Kier alpha value is -3.36. The minimum absolute atomic E-state index is 0.0533. The summed E-state index contributed by atoms with van der Waals surface area (Å²) in [5.41, 5.74) is 3.07. The fourth-order valence-electron chi connectivity index (χ4n) is 4.25. The molecule has 40 heavy (non-hydrogen) atoms. The third kappa shape index (κ3) is 7.86. The molecule has 3 aromatic rings. The van der Waals surface area contributed by atoms with Crippen molar-refractivity contribution in [2.75, 3.05) is 10.8 Å². The summed E-state index contributed by atoms with van der Waals surface area (Å²) in [7, 11) is -4.14. The van der Waals surface area contributed by atoms with Crippen LogP contribution < -0.4 is 9.62 Å². The Labute approximate surface area is 243 Å². The van der Waals surface area contributed by atoms with Crippen molar-refractivity contribution in [3.05, 3.63) is 94.5 Å². The third-order valence-corrected chi connectivity index (χ3v) is 8.87. The van der Waals surface area contributed by atoms with Crippen LogP contribution in [-0.4, -0.2) is 43.8 Å². The highest BCUT2D eigenvalue weighted by Crippen LogP contribution is 2.27. The van der Waals surface area contributed by atoms with E-state index in [0.29, 0.717) is 11.4 Å². The molecular weight excluding hydrogens is 546 g/mol. The first kappa shape index (κ1) is 31.2. The zero-order valence-electron chi connectivity index (χ0n) is 23.7. The van der Waals surface area contributed by atoms with Crippen LogP contribution in [0.2, 0.25) is 5.02 Å². The highest BCUT2D eigenvalue weighted by atomic mass is 35.5. The average molecular weight is 584 g/mol. The van der Waals surface area contributed by atoms with Gasteiger partial charge in [-0.05, 0) is 69.5 Å². The number of halogens is 1. The second-order valence-electron chi connectivity index (χ2n) is 10.1. The molecule has 0 saturated carbocycles. The van der Waals surface area contributed by atoms with E-state index < -0.39 is 28.5 Å². The normalized spacial score (nSPS) is 12.8. The number of sulfonamides is 1. The molecule has 7 nitrogen and oxygen atoms in total. The van der Waals surface area contributed by atoms with Crippen molar-refractivity contribution in [3.8, 4) is 0 Å². The van der Waals surface area contributed by atoms with E-state index in [0.717, 1.165) is 27.4 Å². The maximum atomic E-state index is 14.1. The van der Waals surface area contributed by atoms with E-state index in [9.17, 15) is 18.0 Å². The molecule has 0 fully saturated rings. The van der Waals surface area contributed by atoms with Crippen molar-refractivity contribution in [3.63, 3.8) is 0 Å². The van der Waals surface area contributed by atoms with Crippen molar-refractivity contribution in [1.82, 2.24) is 10.2 Å². The molecule has 0 unspecified atom stereocenters. The van der Waals surface area contributed by atoms with Crippen molar-refractivity contribution in [2.45, 2.75) is 71.0 Å². The topological polar surface area (TPSA) is 86.8 Å². The zero-order valence-corrected chi connectivity index (χ0v) is 25.3. The van der Waals surface area contributed by atoms with E-state index in [1.165, 1.54) is 23.1 Å². The second kappa shape index (κ2) is 13.8. The molecule has 3 rings (SSSR count). The first-order valence-electron chi connectivity index (χ1n) is 13.5. The van der Waals surface area contributed by atoms with E-state index in [1.807, 2.05) is 58.9 Å². The highest BCUT2D eigenvalue weighted by molar-refractivity contribution is 7.92. The summed E-state index contributed by atoms with van der Waals surface area (Å²) >= 11 is 6.23. The van der Waals surface area contributed by atoms with Crippen molar-refractivity contribution < 1.29 is 18.0 Å². The molecule has 0 saturated heterocycles. The van der Waals surface area contributed by atoms with Gasteiger partial charge in [0.05, 0.1) is 10.6 Å². The lowest BCUT2D eigenvalue weighted by molar-refractivity contribution is -0.140. The van der Waals surface area contributed by atoms with E-state index in [4.69, 9.17) is 11.6 Å². The van der Waals surface area contributed by atoms with Gasteiger partial charge >= 0.3 is 0 Å². The van der Waals surface area contributed by atoms with Gasteiger partial charge in [0.2, 0.25) is 11.8 Å². The van der Waals surface area contributed by atoms with Crippen molar-refractivity contribution in [2.24, 2.45) is 0 Å². The third-order valence-electron chi connectivity index (χ3n) is 6.84. The van der Waals surface area contributed by atoms with E-state index in [-0.39, 0.29) is 29.1 Å². The fourth-order valence-corrected chi connectivity index (χ4v) is 5.84. The number of nitrogens with one attached hydrogen (secondary N) is 1. The Kier molecular flexibility index (Phi) is 10.8. The van der Waals surface area contributed by atoms with Crippen LogP contribution in [0.3, 0.4) is 0 Å². The zero-order chi connectivity index (χ0) is 29.4.